The fourth-order valence-electron chi connectivity index (χ4n) is 2.61. The van der Waals surface area contributed by atoms with Crippen LogP contribution in [0.4, 0.5) is 5.82 Å². The van der Waals surface area contributed by atoms with Crippen molar-refractivity contribution >= 4 is 17.4 Å². The van der Waals surface area contributed by atoms with E-state index in [9.17, 15) is 4.79 Å². The first-order chi connectivity index (χ1) is 11.7. The fraction of sp³-hybridized carbons (Fsp3) is 0.0588. The summed E-state index contributed by atoms with van der Waals surface area (Å²) in [6, 6.07) is 10.9. The van der Waals surface area contributed by atoms with Gasteiger partial charge < -0.3 is 5.32 Å². The van der Waals surface area contributed by atoms with Gasteiger partial charge in [0.05, 0.1) is 12.4 Å². The highest BCUT2D eigenvalue weighted by atomic mass is 16.1. The summed E-state index contributed by atoms with van der Waals surface area (Å²) in [5, 5.41) is 11.2. The van der Waals surface area contributed by atoms with Crippen LogP contribution in [0.15, 0.2) is 61.2 Å². The highest BCUT2D eigenvalue weighted by Crippen LogP contribution is 2.24. The van der Waals surface area contributed by atoms with Crippen LogP contribution in [0.2, 0.25) is 0 Å². The number of carbonyl (C=O) groups is 1. The van der Waals surface area contributed by atoms with Gasteiger partial charge in [0, 0.05) is 36.6 Å². The summed E-state index contributed by atoms with van der Waals surface area (Å²) in [4.78, 5) is 17.0. The molecule has 118 valence electrons. The lowest BCUT2D eigenvalue weighted by Crippen LogP contribution is -2.15. The molecule has 1 amide bonds. The number of rotatable bonds is 3. The molecule has 0 aliphatic heterocycles. The average molecular weight is 318 g/mol. The predicted octanol–water partition coefficient (Wildman–Crippen LogP) is 2.38. The molecule has 3 aromatic heterocycles. The van der Waals surface area contributed by atoms with E-state index in [0.29, 0.717) is 17.0 Å². The Kier molecular flexibility index (Phi) is 3.31. The third-order valence-corrected chi connectivity index (χ3v) is 3.72. The Morgan fingerprint density at radius 1 is 1.08 bits per heavy atom. The molecular formula is C17H14N6O. The number of hydrogen-bond acceptors (Lipinski definition) is 4. The van der Waals surface area contributed by atoms with Crippen LogP contribution in [-0.2, 0) is 7.05 Å². The van der Waals surface area contributed by atoms with Crippen LogP contribution < -0.4 is 5.32 Å². The van der Waals surface area contributed by atoms with Crippen LogP contribution in [0.5, 0.6) is 0 Å². The second-order valence-electron chi connectivity index (χ2n) is 5.33. The SMILES string of the molecule is Cn1cc(-c2ccccc2C(=O)Nc2ccnc3ccnn23)cn1. The van der Waals surface area contributed by atoms with E-state index in [-0.39, 0.29) is 5.91 Å². The van der Waals surface area contributed by atoms with Crippen LogP contribution in [0.25, 0.3) is 16.8 Å². The number of anilines is 1. The quantitative estimate of drug-likeness (QED) is 0.629. The Balaban J connectivity index is 1.72. The van der Waals surface area contributed by atoms with Gasteiger partial charge in [-0.15, -0.1) is 0 Å². The number of nitrogens with one attached hydrogen (secondary N) is 1. The molecule has 7 heteroatoms. The lowest BCUT2D eigenvalue weighted by atomic mass is 10.0. The molecule has 24 heavy (non-hydrogen) atoms. The van der Waals surface area contributed by atoms with Crippen molar-refractivity contribution in [1.82, 2.24) is 24.4 Å². The minimum Gasteiger partial charge on any atom is -0.306 e. The van der Waals surface area contributed by atoms with Crippen molar-refractivity contribution in [2.45, 2.75) is 0 Å². The van der Waals surface area contributed by atoms with Gasteiger partial charge in [-0.1, -0.05) is 18.2 Å². The standard InChI is InChI=1S/C17H14N6O/c1-22-11-12(10-20-22)13-4-2-3-5-14(13)17(24)21-16-6-8-18-15-7-9-19-23(15)16/h2-11H,1H3,(H,21,24). The van der Waals surface area contributed by atoms with E-state index in [1.165, 1.54) is 0 Å². The van der Waals surface area contributed by atoms with Gasteiger partial charge in [0.15, 0.2) is 5.65 Å². The normalized spacial score (nSPS) is 10.9. The average Bonchev–Trinajstić information content (AvgIpc) is 3.24. The van der Waals surface area contributed by atoms with Crippen molar-refractivity contribution in [3.8, 4) is 11.1 Å². The van der Waals surface area contributed by atoms with E-state index < -0.39 is 0 Å². The van der Waals surface area contributed by atoms with Gasteiger partial charge >= 0.3 is 0 Å². The molecule has 0 bridgehead atoms. The van der Waals surface area contributed by atoms with E-state index in [0.717, 1.165) is 11.1 Å². The van der Waals surface area contributed by atoms with Gasteiger partial charge in [-0.2, -0.15) is 14.7 Å². The Bertz CT molecular complexity index is 1030. The van der Waals surface area contributed by atoms with Crippen LogP contribution in [0, 0.1) is 0 Å². The number of carbonyl (C=O) groups excluding carboxylic acids is 1. The van der Waals surface area contributed by atoms with Crippen LogP contribution >= 0.6 is 0 Å². The molecular weight excluding hydrogens is 304 g/mol. The summed E-state index contributed by atoms with van der Waals surface area (Å²) in [6.45, 7) is 0. The molecule has 0 atom stereocenters. The summed E-state index contributed by atoms with van der Waals surface area (Å²) in [5.74, 6) is 0.355. The summed E-state index contributed by atoms with van der Waals surface area (Å²) in [7, 11) is 1.84. The number of aryl methyl sites for hydroxylation is 1. The summed E-state index contributed by atoms with van der Waals surface area (Å²) >= 11 is 0. The zero-order valence-electron chi connectivity index (χ0n) is 12.9. The molecule has 1 N–H and O–H groups in total. The van der Waals surface area contributed by atoms with Crippen molar-refractivity contribution < 1.29 is 4.79 Å². The molecule has 0 spiro atoms. The van der Waals surface area contributed by atoms with Gasteiger partial charge in [0.25, 0.3) is 5.91 Å². The van der Waals surface area contributed by atoms with Gasteiger partial charge in [0.1, 0.15) is 5.82 Å². The zero-order valence-corrected chi connectivity index (χ0v) is 12.9. The van der Waals surface area contributed by atoms with E-state index in [4.69, 9.17) is 0 Å². The number of fused-ring (bicyclic) bond motifs is 1. The highest BCUT2D eigenvalue weighted by molar-refractivity contribution is 6.08. The molecule has 1 aromatic carbocycles. The minimum absolute atomic E-state index is 0.211. The molecule has 0 unspecified atom stereocenters. The van der Waals surface area contributed by atoms with Crippen LogP contribution in [0.1, 0.15) is 10.4 Å². The smallest absolute Gasteiger partial charge is 0.257 e. The van der Waals surface area contributed by atoms with Crippen molar-refractivity contribution in [3.63, 3.8) is 0 Å². The molecule has 0 aliphatic rings. The fourth-order valence-corrected chi connectivity index (χ4v) is 2.61. The predicted molar refractivity (Wildman–Crippen MR) is 89.6 cm³/mol. The molecule has 4 rings (SSSR count). The Morgan fingerprint density at radius 2 is 1.96 bits per heavy atom. The zero-order chi connectivity index (χ0) is 16.5. The Hall–Kier alpha value is -3.48. The van der Waals surface area contributed by atoms with Gasteiger partial charge in [0.2, 0.25) is 0 Å². The van der Waals surface area contributed by atoms with Gasteiger partial charge in [-0.25, -0.2) is 4.98 Å². The third-order valence-electron chi connectivity index (χ3n) is 3.72. The first-order valence-electron chi connectivity index (χ1n) is 7.40. The molecule has 0 aliphatic carbocycles. The largest absolute Gasteiger partial charge is 0.306 e. The minimum atomic E-state index is -0.211. The van der Waals surface area contributed by atoms with Crippen molar-refractivity contribution in [1.29, 1.82) is 0 Å². The second-order valence-corrected chi connectivity index (χ2v) is 5.33. The third kappa shape index (κ3) is 2.41. The van der Waals surface area contributed by atoms with E-state index in [2.05, 4.69) is 20.5 Å². The lowest BCUT2D eigenvalue weighted by Gasteiger charge is -2.10. The molecule has 0 radical (unpaired) electrons. The molecule has 0 fully saturated rings. The number of aromatic nitrogens is 5. The molecule has 7 nitrogen and oxygen atoms in total. The maximum absolute atomic E-state index is 12.8. The van der Waals surface area contributed by atoms with Crippen molar-refractivity contribution in [2.75, 3.05) is 5.32 Å². The Labute approximate surface area is 137 Å². The highest BCUT2D eigenvalue weighted by Gasteiger charge is 2.15. The van der Waals surface area contributed by atoms with Gasteiger partial charge in [-0.3, -0.25) is 9.48 Å². The molecule has 0 saturated heterocycles. The number of benzene rings is 1. The van der Waals surface area contributed by atoms with Crippen LogP contribution in [0.3, 0.4) is 0 Å². The number of hydrogen-bond donors (Lipinski definition) is 1. The maximum Gasteiger partial charge on any atom is 0.257 e. The maximum atomic E-state index is 12.8. The first kappa shape index (κ1) is 14.1. The van der Waals surface area contributed by atoms with E-state index in [1.54, 1.807) is 46.0 Å². The number of nitrogens with zero attached hydrogens (tertiary/aromatic N) is 5. The molecule has 0 saturated carbocycles. The van der Waals surface area contributed by atoms with Crippen LogP contribution in [-0.4, -0.2) is 30.3 Å². The van der Waals surface area contributed by atoms with Crippen molar-refractivity contribution in [2.24, 2.45) is 7.05 Å². The summed E-state index contributed by atoms with van der Waals surface area (Å²) in [6.07, 6.45) is 6.90. The lowest BCUT2D eigenvalue weighted by molar-refractivity contribution is 0.102. The van der Waals surface area contributed by atoms with E-state index in [1.807, 2.05) is 31.4 Å². The topological polar surface area (TPSA) is 77.1 Å². The number of amides is 1. The Morgan fingerprint density at radius 3 is 2.79 bits per heavy atom. The van der Waals surface area contributed by atoms with Gasteiger partial charge in [-0.05, 0) is 17.7 Å². The second kappa shape index (κ2) is 5.62. The first-order valence-corrected chi connectivity index (χ1v) is 7.40. The molecule has 3 heterocycles. The van der Waals surface area contributed by atoms with Crippen molar-refractivity contribution in [3.05, 3.63) is 66.7 Å². The monoisotopic (exact) mass is 318 g/mol. The molecule has 4 aromatic rings. The van der Waals surface area contributed by atoms with E-state index >= 15 is 0 Å². The summed E-state index contributed by atoms with van der Waals surface area (Å²) < 4.78 is 3.30. The summed E-state index contributed by atoms with van der Waals surface area (Å²) in [5.41, 5.74) is 2.96.